The van der Waals surface area contributed by atoms with Gasteiger partial charge in [-0.2, -0.15) is 18.3 Å². The first-order valence-corrected chi connectivity index (χ1v) is 5.22. The van der Waals surface area contributed by atoms with Crippen LogP contribution in [0.2, 0.25) is 0 Å². The first kappa shape index (κ1) is 12.4. The van der Waals surface area contributed by atoms with Crippen molar-refractivity contribution in [2.45, 2.75) is 12.7 Å². The Labute approximate surface area is 101 Å². The van der Waals surface area contributed by atoms with Crippen molar-refractivity contribution in [1.82, 2.24) is 14.8 Å². The molecule has 0 saturated heterocycles. The van der Waals surface area contributed by atoms with Gasteiger partial charge in [0.25, 0.3) is 0 Å². The van der Waals surface area contributed by atoms with E-state index in [0.717, 1.165) is 11.8 Å². The Kier molecular flexibility index (Phi) is 3.22. The van der Waals surface area contributed by atoms with Crippen LogP contribution in [0.3, 0.4) is 0 Å². The Morgan fingerprint density at radius 2 is 2.11 bits per heavy atom. The predicted octanol–water partition coefficient (Wildman–Crippen LogP) is 2.39. The van der Waals surface area contributed by atoms with Crippen molar-refractivity contribution < 1.29 is 13.2 Å². The third-order valence-corrected chi connectivity index (χ3v) is 2.36. The van der Waals surface area contributed by atoms with Crippen LogP contribution in [-0.2, 0) is 12.7 Å². The molecule has 4 nitrogen and oxygen atoms in total. The van der Waals surface area contributed by atoms with E-state index in [0.29, 0.717) is 5.69 Å². The highest BCUT2D eigenvalue weighted by Gasteiger charge is 2.33. The number of pyridine rings is 1. The van der Waals surface area contributed by atoms with Crippen LogP contribution in [-0.4, -0.2) is 21.8 Å². The molecule has 7 heteroatoms. The number of nitrogens with one attached hydrogen (secondary N) is 1. The van der Waals surface area contributed by atoms with Gasteiger partial charge in [0, 0.05) is 25.1 Å². The van der Waals surface area contributed by atoms with Gasteiger partial charge in [-0.3, -0.25) is 9.67 Å². The maximum atomic E-state index is 12.4. The van der Waals surface area contributed by atoms with Gasteiger partial charge in [-0.15, -0.1) is 0 Å². The minimum absolute atomic E-state index is 0.200. The molecule has 0 atom stereocenters. The van der Waals surface area contributed by atoms with Crippen LogP contribution in [0.15, 0.2) is 30.6 Å². The average molecular weight is 256 g/mol. The van der Waals surface area contributed by atoms with E-state index in [-0.39, 0.29) is 6.54 Å². The van der Waals surface area contributed by atoms with Crippen molar-refractivity contribution in [2.75, 3.05) is 12.4 Å². The number of hydrogen-bond acceptors (Lipinski definition) is 3. The maximum Gasteiger partial charge on any atom is 0.435 e. The van der Waals surface area contributed by atoms with Gasteiger partial charge in [0.15, 0.2) is 5.69 Å². The molecule has 2 rings (SSSR count). The fourth-order valence-corrected chi connectivity index (χ4v) is 1.49. The Morgan fingerprint density at radius 3 is 2.72 bits per heavy atom. The molecule has 0 aliphatic carbocycles. The summed E-state index contributed by atoms with van der Waals surface area (Å²) in [4.78, 5) is 4.07. The molecule has 2 aromatic rings. The van der Waals surface area contributed by atoms with Gasteiger partial charge in [0.05, 0.1) is 12.2 Å². The summed E-state index contributed by atoms with van der Waals surface area (Å²) in [7, 11) is 1.76. The number of nitrogens with zero attached hydrogens (tertiary/aromatic N) is 3. The minimum Gasteiger partial charge on any atom is -0.388 e. The fraction of sp³-hybridized carbons (Fsp3) is 0.273. The summed E-state index contributed by atoms with van der Waals surface area (Å²) in [5.74, 6) is 0. The zero-order chi connectivity index (χ0) is 13.2. The molecule has 0 amide bonds. The third kappa shape index (κ3) is 2.79. The molecule has 0 radical (unpaired) electrons. The summed E-state index contributed by atoms with van der Waals surface area (Å²) in [6, 6.07) is 4.48. The lowest BCUT2D eigenvalue weighted by Gasteiger charge is -2.05. The standard InChI is InChI=1S/C11H11F3N4/c1-15-8-2-4-16-9(6-8)7-18-5-3-10(17-18)11(12,13)14/h2-6H,7H2,1H3,(H,15,16). The molecule has 0 aliphatic heterocycles. The molecule has 96 valence electrons. The number of aromatic nitrogens is 3. The second-order valence-corrected chi connectivity index (χ2v) is 3.68. The number of anilines is 1. The molecule has 2 heterocycles. The van der Waals surface area contributed by atoms with Crippen LogP contribution < -0.4 is 5.32 Å². The second-order valence-electron chi connectivity index (χ2n) is 3.68. The number of halogens is 3. The summed E-state index contributed by atoms with van der Waals surface area (Å²) in [5.41, 5.74) is 0.592. The Bertz CT molecular complexity index is 533. The van der Waals surface area contributed by atoms with Crippen LogP contribution in [0, 0.1) is 0 Å². The Morgan fingerprint density at radius 1 is 1.33 bits per heavy atom. The van der Waals surface area contributed by atoms with E-state index in [1.54, 1.807) is 25.4 Å². The van der Waals surface area contributed by atoms with Crippen LogP contribution >= 0.6 is 0 Å². The average Bonchev–Trinajstić information content (AvgIpc) is 2.77. The van der Waals surface area contributed by atoms with E-state index in [9.17, 15) is 13.2 Å². The molecular formula is C11H11F3N4. The maximum absolute atomic E-state index is 12.4. The first-order valence-electron chi connectivity index (χ1n) is 5.22. The van der Waals surface area contributed by atoms with Gasteiger partial charge >= 0.3 is 6.18 Å². The molecule has 0 saturated carbocycles. The highest BCUT2D eigenvalue weighted by molar-refractivity contribution is 5.42. The zero-order valence-electron chi connectivity index (χ0n) is 9.57. The lowest BCUT2D eigenvalue weighted by molar-refractivity contribution is -0.141. The van der Waals surface area contributed by atoms with Gasteiger partial charge in [0.2, 0.25) is 0 Å². The van der Waals surface area contributed by atoms with E-state index < -0.39 is 11.9 Å². The minimum atomic E-state index is -4.41. The SMILES string of the molecule is CNc1ccnc(Cn2ccc(C(F)(F)F)n2)c1. The highest BCUT2D eigenvalue weighted by atomic mass is 19.4. The number of rotatable bonds is 3. The van der Waals surface area contributed by atoms with Crippen LogP contribution in [0.5, 0.6) is 0 Å². The summed E-state index contributed by atoms with van der Waals surface area (Å²) >= 11 is 0. The van der Waals surface area contributed by atoms with Gasteiger partial charge < -0.3 is 5.32 Å². The zero-order valence-corrected chi connectivity index (χ0v) is 9.57. The molecule has 18 heavy (non-hydrogen) atoms. The normalized spacial score (nSPS) is 11.6. The Balaban J connectivity index is 2.16. The molecule has 1 N–H and O–H groups in total. The molecule has 0 fully saturated rings. The van der Waals surface area contributed by atoms with Crippen LogP contribution in [0.1, 0.15) is 11.4 Å². The van der Waals surface area contributed by atoms with Crippen molar-refractivity contribution in [3.05, 3.63) is 42.0 Å². The summed E-state index contributed by atoms with van der Waals surface area (Å²) in [5, 5.41) is 6.40. The van der Waals surface area contributed by atoms with Crippen molar-refractivity contribution in [3.8, 4) is 0 Å². The largest absolute Gasteiger partial charge is 0.435 e. The molecule has 2 aromatic heterocycles. The molecule has 0 aliphatic rings. The van der Waals surface area contributed by atoms with E-state index >= 15 is 0 Å². The first-order chi connectivity index (χ1) is 8.49. The van der Waals surface area contributed by atoms with E-state index in [2.05, 4.69) is 15.4 Å². The smallest absolute Gasteiger partial charge is 0.388 e. The van der Waals surface area contributed by atoms with E-state index in [1.165, 1.54) is 10.9 Å². The summed E-state index contributed by atoms with van der Waals surface area (Å²) in [6.45, 7) is 0.200. The lowest BCUT2D eigenvalue weighted by atomic mass is 10.3. The number of alkyl halides is 3. The lowest BCUT2D eigenvalue weighted by Crippen LogP contribution is -2.09. The van der Waals surface area contributed by atoms with Gasteiger partial charge in [-0.1, -0.05) is 0 Å². The summed E-state index contributed by atoms with van der Waals surface area (Å²) < 4.78 is 38.3. The second kappa shape index (κ2) is 4.67. The van der Waals surface area contributed by atoms with E-state index in [1.807, 2.05) is 0 Å². The van der Waals surface area contributed by atoms with Crippen molar-refractivity contribution in [3.63, 3.8) is 0 Å². The molecule has 0 unspecified atom stereocenters. The number of hydrogen-bond donors (Lipinski definition) is 1. The quantitative estimate of drug-likeness (QED) is 0.916. The Hall–Kier alpha value is -2.05. The summed E-state index contributed by atoms with van der Waals surface area (Å²) in [6.07, 6.45) is -1.53. The predicted molar refractivity (Wildman–Crippen MR) is 60.1 cm³/mol. The van der Waals surface area contributed by atoms with Gasteiger partial charge in [-0.25, -0.2) is 0 Å². The van der Waals surface area contributed by atoms with Crippen LogP contribution in [0.25, 0.3) is 0 Å². The van der Waals surface area contributed by atoms with Crippen molar-refractivity contribution >= 4 is 5.69 Å². The monoisotopic (exact) mass is 256 g/mol. The third-order valence-electron chi connectivity index (χ3n) is 2.36. The molecule has 0 aromatic carbocycles. The molecule has 0 spiro atoms. The van der Waals surface area contributed by atoms with Crippen molar-refractivity contribution in [2.24, 2.45) is 0 Å². The highest BCUT2D eigenvalue weighted by Crippen LogP contribution is 2.27. The van der Waals surface area contributed by atoms with Crippen molar-refractivity contribution in [1.29, 1.82) is 0 Å². The van der Waals surface area contributed by atoms with Gasteiger partial charge in [-0.05, 0) is 18.2 Å². The fourth-order valence-electron chi connectivity index (χ4n) is 1.49. The topological polar surface area (TPSA) is 42.7 Å². The van der Waals surface area contributed by atoms with Crippen LogP contribution in [0.4, 0.5) is 18.9 Å². The van der Waals surface area contributed by atoms with E-state index in [4.69, 9.17) is 0 Å². The molecular weight excluding hydrogens is 245 g/mol. The molecule has 0 bridgehead atoms. The van der Waals surface area contributed by atoms with Gasteiger partial charge in [0.1, 0.15) is 0 Å².